The molecule has 0 aliphatic rings. The number of aromatic nitrogens is 4. The minimum absolute atomic E-state index is 0.0825. The Morgan fingerprint density at radius 3 is 2.24 bits per heavy atom. The SMILES string of the molecule is COC(=O)c1ccc(Cn2c(=O)c3c(ncn3CCC(C)C)n(Cc3ccccc3)c2=O)cc1. The number of ether oxygens (including phenoxy) is 1. The van der Waals surface area contributed by atoms with Crippen LogP contribution in [-0.2, 0) is 24.4 Å². The van der Waals surface area contributed by atoms with Crippen LogP contribution < -0.4 is 11.2 Å². The maximum Gasteiger partial charge on any atom is 0.337 e. The molecule has 8 nitrogen and oxygen atoms in total. The molecule has 0 aliphatic carbocycles. The van der Waals surface area contributed by atoms with Gasteiger partial charge in [-0.2, -0.15) is 0 Å². The van der Waals surface area contributed by atoms with Crippen LogP contribution in [0.4, 0.5) is 0 Å². The number of fused-ring (bicyclic) bond motifs is 1. The van der Waals surface area contributed by atoms with Gasteiger partial charge >= 0.3 is 11.7 Å². The summed E-state index contributed by atoms with van der Waals surface area (Å²) in [6, 6.07) is 16.3. The van der Waals surface area contributed by atoms with Crippen LogP contribution in [0.15, 0.2) is 70.5 Å². The Morgan fingerprint density at radius 1 is 0.941 bits per heavy atom. The zero-order valence-corrected chi connectivity index (χ0v) is 19.6. The van der Waals surface area contributed by atoms with Gasteiger partial charge < -0.3 is 9.30 Å². The highest BCUT2D eigenvalue weighted by Gasteiger charge is 2.19. The molecule has 0 bridgehead atoms. The fourth-order valence-electron chi connectivity index (χ4n) is 3.90. The highest BCUT2D eigenvalue weighted by atomic mass is 16.5. The average Bonchev–Trinajstić information content (AvgIpc) is 3.27. The Balaban J connectivity index is 1.83. The zero-order chi connectivity index (χ0) is 24.2. The van der Waals surface area contributed by atoms with E-state index in [0.717, 1.165) is 17.5 Å². The molecule has 4 rings (SSSR count). The van der Waals surface area contributed by atoms with E-state index >= 15 is 0 Å². The molecular weight excluding hydrogens is 432 g/mol. The van der Waals surface area contributed by atoms with E-state index in [9.17, 15) is 14.4 Å². The summed E-state index contributed by atoms with van der Waals surface area (Å²) in [5.41, 5.74) is 2.08. The quantitative estimate of drug-likeness (QED) is 0.377. The number of hydrogen-bond acceptors (Lipinski definition) is 5. The van der Waals surface area contributed by atoms with Crippen molar-refractivity contribution in [1.82, 2.24) is 18.7 Å². The first-order chi connectivity index (χ1) is 16.4. The van der Waals surface area contributed by atoms with Gasteiger partial charge in [-0.1, -0.05) is 56.3 Å². The number of rotatable bonds is 8. The van der Waals surface area contributed by atoms with Crippen molar-refractivity contribution < 1.29 is 9.53 Å². The molecule has 0 unspecified atom stereocenters. The van der Waals surface area contributed by atoms with E-state index in [2.05, 4.69) is 18.8 Å². The lowest BCUT2D eigenvalue weighted by atomic mass is 10.1. The predicted molar refractivity (Wildman–Crippen MR) is 130 cm³/mol. The number of benzene rings is 2. The molecule has 8 heteroatoms. The molecule has 34 heavy (non-hydrogen) atoms. The van der Waals surface area contributed by atoms with Crippen LogP contribution in [0, 0.1) is 5.92 Å². The molecule has 2 aromatic carbocycles. The molecule has 0 saturated carbocycles. The van der Waals surface area contributed by atoms with Crippen LogP contribution in [0.25, 0.3) is 11.2 Å². The third kappa shape index (κ3) is 4.71. The minimum Gasteiger partial charge on any atom is -0.465 e. The molecule has 0 amide bonds. The minimum atomic E-state index is -0.440. The molecule has 0 atom stereocenters. The van der Waals surface area contributed by atoms with E-state index in [4.69, 9.17) is 4.74 Å². The van der Waals surface area contributed by atoms with E-state index in [1.807, 2.05) is 34.9 Å². The van der Waals surface area contributed by atoms with Gasteiger partial charge in [0.1, 0.15) is 0 Å². The molecule has 2 heterocycles. The summed E-state index contributed by atoms with van der Waals surface area (Å²) in [4.78, 5) is 43.2. The molecule has 0 radical (unpaired) electrons. The monoisotopic (exact) mass is 460 g/mol. The maximum atomic E-state index is 13.5. The summed E-state index contributed by atoms with van der Waals surface area (Å²) in [5.74, 6) is 0.0210. The van der Waals surface area contributed by atoms with E-state index < -0.39 is 11.7 Å². The van der Waals surface area contributed by atoms with Crippen molar-refractivity contribution in [2.75, 3.05) is 7.11 Å². The second kappa shape index (κ2) is 9.91. The highest BCUT2D eigenvalue weighted by Crippen LogP contribution is 2.13. The van der Waals surface area contributed by atoms with Crippen molar-refractivity contribution in [2.24, 2.45) is 5.92 Å². The van der Waals surface area contributed by atoms with Gasteiger partial charge in [0.25, 0.3) is 5.56 Å². The Morgan fingerprint density at radius 2 is 1.59 bits per heavy atom. The van der Waals surface area contributed by atoms with Crippen molar-refractivity contribution in [3.05, 3.63) is 98.5 Å². The first-order valence-electron chi connectivity index (χ1n) is 11.3. The van der Waals surface area contributed by atoms with Gasteiger partial charge in [-0.15, -0.1) is 0 Å². The summed E-state index contributed by atoms with van der Waals surface area (Å²) in [6.45, 7) is 5.28. The van der Waals surface area contributed by atoms with E-state index in [1.165, 1.54) is 11.7 Å². The van der Waals surface area contributed by atoms with Crippen LogP contribution in [0.3, 0.4) is 0 Å². The van der Waals surface area contributed by atoms with Crippen molar-refractivity contribution in [1.29, 1.82) is 0 Å². The second-order valence-corrected chi connectivity index (χ2v) is 8.73. The largest absolute Gasteiger partial charge is 0.465 e. The van der Waals surface area contributed by atoms with Crippen LogP contribution in [0.2, 0.25) is 0 Å². The van der Waals surface area contributed by atoms with Crippen LogP contribution in [0.1, 0.15) is 41.8 Å². The van der Waals surface area contributed by atoms with Crippen LogP contribution in [0.5, 0.6) is 0 Å². The van der Waals surface area contributed by atoms with Gasteiger partial charge in [0.2, 0.25) is 0 Å². The smallest absolute Gasteiger partial charge is 0.337 e. The molecule has 176 valence electrons. The van der Waals surface area contributed by atoms with Crippen LogP contribution >= 0.6 is 0 Å². The third-order valence-corrected chi connectivity index (χ3v) is 5.83. The summed E-state index contributed by atoms with van der Waals surface area (Å²) < 4.78 is 9.38. The zero-order valence-electron chi connectivity index (χ0n) is 19.6. The number of carbonyl (C=O) groups excluding carboxylic acids is 1. The molecule has 0 spiro atoms. The fourth-order valence-corrected chi connectivity index (χ4v) is 3.90. The lowest BCUT2D eigenvalue weighted by Crippen LogP contribution is -2.41. The van der Waals surface area contributed by atoms with Gasteiger partial charge in [0.15, 0.2) is 11.2 Å². The first kappa shape index (κ1) is 23.2. The Kier molecular flexibility index (Phi) is 6.77. The number of esters is 1. The maximum absolute atomic E-state index is 13.5. The number of aryl methyl sites for hydroxylation is 1. The average molecular weight is 461 g/mol. The molecule has 0 saturated heterocycles. The van der Waals surface area contributed by atoms with Gasteiger partial charge in [0.05, 0.1) is 32.1 Å². The van der Waals surface area contributed by atoms with E-state index in [-0.39, 0.29) is 12.1 Å². The van der Waals surface area contributed by atoms with Gasteiger partial charge in [-0.3, -0.25) is 13.9 Å². The lowest BCUT2D eigenvalue weighted by molar-refractivity contribution is 0.0600. The Hall–Kier alpha value is -3.94. The topological polar surface area (TPSA) is 88.1 Å². The summed E-state index contributed by atoms with van der Waals surface area (Å²) in [7, 11) is 1.32. The van der Waals surface area contributed by atoms with Crippen LogP contribution in [-0.4, -0.2) is 31.8 Å². The first-order valence-corrected chi connectivity index (χ1v) is 11.3. The number of methoxy groups -OCH3 is 1. The number of carbonyl (C=O) groups is 1. The summed E-state index contributed by atoms with van der Waals surface area (Å²) >= 11 is 0. The Labute approximate surface area is 197 Å². The normalized spacial score (nSPS) is 11.3. The van der Waals surface area contributed by atoms with Crippen molar-refractivity contribution in [3.63, 3.8) is 0 Å². The number of nitrogens with zero attached hydrogens (tertiary/aromatic N) is 4. The fraction of sp³-hybridized carbons (Fsp3) is 0.308. The standard InChI is InChI=1S/C26H28N4O4/c1-18(2)13-14-28-17-27-23-22(28)24(31)30(16-20-9-11-21(12-10-20)25(32)34-3)26(33)29(23)15-19-7-5-4-6-8-19/h4-12,17-18H,13-16H2,1-3H3. The Bertz CT molecular complexity index is 1410. The number of imidazole rings is 1. The van der Waals surface area contributed by atoms with E-state index in [1.54, 1.807) is 35.2 Å². The highest BCUT2D eigenvalue weighted by molar-refractivity contribution is 5.89. The van der Waals surface area contributed by atoms with Crippen molar-refractivity contribution >= 4 is 17.1 Å². The molecular formula is C26H28N4O4. The number of hydrogen-bond donors (Lipinski definition) is 0. The third-order valence-electron chi connectivity index (χ3n) is 5.83. The van der Waals surface area contributed by atoms with E-state index in [0.29, 0.717) is 35.7 Å². The molecule has 0 N–H and O–H groups in total. The molecule has 2 aromatic heterocycles. The van der Waals surface area contributed by atoms with Crippen molar-refractivity contribution in [3.8, 4) is 0 Å². The molecule has 0 fully saturated rings. The summed E-state index contributed by atoms with van der Waals surface area (Å²) in [5, 5.41) is 0. The van der Waals surface area contributed by atoms with Gasteiger partial charge in [-0.05, 0) is 35.6 Å². The van der Waals surface area contributed by atoms with Gasteiger partial charge in [0, 0.05) is 6.54 Å². The summed E-state index contributed by atoms with van der Waals surface area (Å²) in [6.07, 6.45) is 2.53. The predicted octanol–water partition coefficient (Wildman–Crippen LogP) is 3.29. The molecule has 0 aliphatic heterocycles. The molecule has 4 aromatic rings. The lowest BCUT2D eigenvalue weighted by Gasteiger charge is -2.13. The van der Waals surface area contributed by atoms with Crippen molar-refractivity contribution in [2.45, 2.75) is 39.9 Å². The van der Waals surface area contributed by atoms with Gasteiger partial charge in [-0.25, -0.2) is 14.6 Å². The second-order valence-electron chi connectivity index (χ2n) is 8.73.